The molecule has 9 rings (SSSR count). The SMILES string of the molecule is C=CC(=O)OCCCOc1ccc(C#Cc2ccc(-c3c(N(CCCCS(=O)(=O)OC)c4cc(-c5sc6c(C)csc6c5C)ncn4)cc(OC(=O)c4ccc(OCCCCCCOCC5(CC)COC5)cc4)c4ccc(OCCCC)cc34)cc2Cl)cc1. The molecule has 0 saturated carbocycles. The van der Waals surface area contributed by atoms with Crippen molar-refractivity contribution in [3.8, 4) is 56.5 Å². The number of nitrogens with zero attached hydrogens (tertiary/aromatic N) is 3. The Morgan fingerprint density at radius 1 is 0.775 bits per heavy atom. The summed E-state index contributed by atoms with van der Waals surface area (Å²) in [5.41, 5.74) is 6.88. The van der Waals surface area contributed by atoms with Crippen LogP contribution in [0.2, 0.25) is 5.02 Å². The molecular formula is C70H76ClN3O12S3. The molecule has 1 aliphatic heterocycles. The summed E-state index contributed by atoms with van der Waals surface area (Å²) in [6.07, 6.45) is 10.6. The van der Waals surface area contributed by atoms with E-state index in [-0.39, 0.29) is 36.5 Å². The third-order valence-corrected chi connectivity index (χ3v) is 19.9. The zero-order valence-corrected chi connectivity index (χ0v) is 54.4. The van der Waals surface area contributed by atoms with Gasteiger partial charge in [-0.15, -0.1) is 22.7 Å². The number of benzene rings is 5. The molecule has 4 heterocycles. The number of unbranched alkanes of at least 4 members (excludes halogenated alkanes) is 5. The molecule has 1 saturated heterocycles. The number of aromatic nitrogens is 2. The van der Waals surface area contributed by atoms with Crippen molar-refractivity contribution in [3.63, 3.8) is 0 Å². The quantitative estimate of drug-likeness (QED) is 0.00949. The summed E-state index contributed by atoms with van der Waals surface area (Å²) in [6, 6.07) is 29.6. The van der Waals surface area contributed by atoms with E-state index in [4.69, 9.17) is 58.9 Å². The lowest BCUT2D eigenvalue weighted by Crippen LogP contribution is -2.45. The lowest BCUT2D eigenvalue weighted by Gasteiger charge is -2.40. The minimum absolute atomic E-state index is 0.194. The van der Waals surface area contributed by atoms with Crippen molar-refractivity contribution in [2.24, 2.45) is 5.41 Å². The summed E-state index contributed by atoms with van der Waals surface area (Å²) in [5.74, 6) is 7.91. The van der Waals surface area contributed by atoms with Gasteiger partial charge in [-0.3, -0.25) is 4.18 Å². The van der Waals surface area contributed by atoms with Crippen LogP contribution >= 0.6 is 34.3 Å². The minimum atomic E-state index is -3.78. The van der Waals surface area contributed by atoms with Gasteiger partial charge in [0.2, 0.25) is 0 Å². The Morgan fingerprint density at radius 2 is 1.49 bits per heavy atom. The first-order chi connectivity index (χ1) is 43.2. The smallest absolute Gasteiger partial charge is 0.343 e. The van der Waals surface area contributed by atoms with Crippen LogP contribution in [0, 0.1) is 31.1 Å². The lowest BCUT2D eigenvalue weighted by atomic mass is 9.84. The molecular weight excluding hydrogens is 1210 g/mol. The molecule has 0 N–H and O–H groups in total. The van der Waals surface area contributed by atoms with E-state index in [2.05, 4.69) is 51.5 Å². The van der Waals surface area contributed by atoms with Gasteiger partial charge in [0.05, 0.1) is 86.0 Å². The van der Waals surface area contributed by atoms with E-state index < -0.39 is 22.1 Å². The Labute approximate surface area is 535 Å². The number of carbonyl (C=O) groups is 2. The monoisotopic (exact) mass is 1280 g/mol. The molecule has 8 aromatic rings. The molecule has 89 heavy (non-hydrogen) atoms. The van der Waals surface area contributed by atoms with Crippen molar-refractivity contribution in [1.29, 1.82) is 0 Å². The van der Waals surface area contributed by atoms with Crippen molar-refractivity contribution in [2.45, 2.75) is 91.9 Å². The fraction of sp³-hybridized carbons (Fsp3) is 0.371. The topological polar surface area (TPSA) is 171 Å². The predicted octanol–water partition coefficient (Wildman–Crippen LogP) is 16.1. The van der Waals surface area contributed by atoms with E-state index >= 15 is 0 Å². The van der Waals surface area contributed by atoms with Crippen molar-refractivity contribution in [3.05, 3.63) is 154 Å². The van der Waals surface area contributed by atoms with Gasteiger partial charge in [0.15, 0.2) is 0 Å². The van der Waals surface area contributed by atoms with Crippen molar-refractivity contribution < 1.29 is 55.3 Å². The number of anilines is 2. The Kier molecular flexibility index (Phi) is 23.7. The van der Waals surface area contributed by atoms with Gasteiger partial charge in [0, 0.05) is 74.7 Å². The third kappa shape index (κ3) is 17.5. The summed E-state index contributed by atoms with van der Waals surface area (Å²) in [5, 5.41) is 3.85. The lowest BCUT2D eigenvalue weighted by molar-refractivity contribution is -0.150. The maximum absolute atomic E-state index is 14.6. The number of fused-ring (bicyclic) bond motifs is 2. The van der Waals surface area contributed by atoms with Crippen LogP contribution in [0.15, 0.2) is 121 Å². The number of hydrogen-bond acceptors (Lipinski definition) is 17. The maximum atomic E-state index is 14.6. The molecule has 15 nitrogen and oxygen atoms in total. The van der Waals surface area contributed by atoms with Gasteiger partial charge in [0.25, 0.3) is 10.1 Å². The predicted molar refractivity (Wildman–Crippen MR) is 355 cm³/mol. The molecule has 0 bridgehead atoms. The van der Waals surface area contributed by atoms with Crippen molar-refractivity contribution in [2.75, 3.05) is 77.2 Å². The number of hydrogen-bond donors (Lipinski definition) is 0. The summed E-state index contributed by atoms with van der Waals surface area (Å²) < 4.78 is 74.1. The zero-order valence-electron chi connectivity index (χ0n) is 51.2. The Morgan fingerprint density at radius 3 is 2.19 bits per heavy atom. The number of halogens is 1. The van der Waals surface area contributed by atoms with Gasteiger partial charge >= 0.3 is 11.9 Å². The number of esters is 2. The van der Waals surface area contributed by atoms with Crippen molar-refractivity contribution in [1.82, 2.24) is 9.97 Å². The molecule has 5 aromatic carbocycles. The van der Waals surface area contributed by atoms with Gasteiger partial charge < -0.3 is 38.1 Å². The van der Waals surface area contributed by atoms with Crippen LogP contribution in [-0.2, 0) is 33.3 Å². The van der Waals surface area contributed by atoms with Crippen molar-refractivity contribution >= 4 is 88.0 Å². The molecule has 1 aliphatic rings. The van der Waals surface area contributed by atoms with Gasteiger partial charge in [0.1, 0.15) is 35.1 Å². The highest BCUT2D eigenvalue weighted by Gasteiger charge is 2.37. The molecule has 0 radical (unpaired) electrons. The molecule has 468 valence electrons. The Bertz CT molecular complexity index is 3900. The molecule has 0 unspecified atom stereocenters. The van der Waals surface area contributed by atoms with Gasteiger partial charge in [-0.25, -0.2) is 19.6 Å². The number of thiophene rings is 2. The van der Waals surface area contributed by atoms with Crippen LogP contribution in [0.25, 0.3) is 41.9 Å². The van der Waals surface area contributed by atoms with E-state index in [0.717, 1.165) is 99.1 Å². The molecule has 1 fully saturated rings. The van der Waals surface area contributed by atoms with E-state index in [9.17, 15) is 18.0 Å². The van der Waals surface area contributed by atoms with Crippen LogP contribution in [0.3, 0.4) is 0 Å². The van der Waals surface area contributed by atoms with Crippen LogP contribution in [0.5, 0.6) is 23.0 Å². The van der Waals surface area contributed by atoms with Gasteiger partial charge in [-0.1, -0.05) is 62.8 Å². The fourth-order valence-corrected chi connectivity index (χ4v) is 13.6. The summed E-state index contributed by atoms with van der Waals surface area (Å²) >= 11 is 10.7. The summed E-state index contributed by atoms with van der Waals surface area (Å²) in [6.45, 7) is 16.9. The van der Waals surface area contributed by atoms with E-state index in [1.165, 1.54) is 22.1 Å². The van der Waals surface area contributed by atoms with E-state index in [1.807, 2.05) is 77.7 Å². The Balaban J connectivity index is 1.06. The van der Waals surface area contributed by atoms with Gasteiger partial charge in [-0.2, -0.15) is 8.42 Å². The number of rotatable bonds is 33. The Hall–Kier alpha value is -7.34. The van der Waals surface area contributed by atoms with Crippen LogP contribution < -0.4 is 23.8 Å². The second-order valence-corrected chi connectivity index (χ2v) is 26.1. The molecule has 19 heteroatoms. The molecule has 0 amide bonds. The zero-order chi connectivity index (χ0) is 62.8. The average Bonchev–Trinajstić information content (AvgIpc) is 1.37. The summed E-state index contributed by atoms with van der Waals surface area (Å²) in [4.78, 5) is 38.7. The fourth-order valence-electron chi connectivity index (χ4n) is 10.1. The first-order valence-electron chi connectivity index (χ1n) is 30.2. The normalized spacial score (nSPS) is 12.7. The summed E-state index contributed by atoms with van der Waals surface area (Å²) in [7, 11) is -2.61. The van der Waals surface area contributed by atoms with E-state index in [1.54, 1.807) is 53.3 Å². The highest BCUT2D eigenvalue weighted by atomic mass is 35.5. The number of ether oxygens (including phenoxy) is 7. The highest BCUT2D eigenvalue weighted by Crippen LogP contribution is 2.48. The highest BCUT2D eigenvalue weighted by molar-refractivity contribution is 7.86. The average molecular weight is 1280 g/mol. The molecule has 0 spiro atoms. The molecule has 0 atom stereocenters. The number of aryl methyl sites for hydroxylation is 2. The number of carbonyl (C=O) groups excluding carboxylic acids is 2. The molecule has 3 aromatic heterocycles. The van der Waals surface area contributed by atoms with E-state index in [0.29, 0.717) is 99.5 Å². The van der Waals surface area contributed by atoms with Crippen LogP contribution in [0.4, 0.5) is 11.5 Å². The molecule has 0 aliphatic carbocycles. The third-order valence-electron chi connectivity index (χ3n) is 15.5. The van der Waals surface area contributed by atoms with Gasteiger partial charge in [-0.05, 0) is 165 Å². The largest absolute Gasteiger partial charge is 0.494 e. The minimum Gasteiger partial charge on any atom is -0.494 e. The second kappa shape index (κ2) is 31.9. The van der Waals surface area contributed by atoms with Crippen LogP contribution in [-0.4, -0.2) is 103 Å². The standard InChI is InChI=1S/C70H76ClN3O12S3/c1-7-10-34-84-56-30-31-57-58(40-56)65(53-23-22-51(59(71)39-53)21-18-50-19-26-54(27-20-50)83-36-17-37-85-64(75)8-2)61(42-62(57)86-69(76)52-24-28-55(29-25-52)82-35-15-12-11-14-33-80-44-70(9-3)45-81-46-70)74(32-13-16-38-89(77,78)79-6)63-41-60(72-47-73-63)67-49(5)68-66(88-67)48(4)43-87-68/h8,19-20,22-31,39-43,47H,2,7,9-17,32-38,44-46H2,1,3-6H3. The van der Waals surface area contributed by atoms with Crippen LogP contribution in [0.1, 0.15) is 111 Å². The first kappa shape index (κ1) is 66.1. The maximum Gasteiger partial charge on any atom is 0.343 e. The first-order valence-corrected chi connectivity index (χ1v) is 33.9. The second-order valence-electron chi connectivity index (χ2n) is 22.0.